The van der Waals surface area contributed by atoms with Crippen molar-refractivity contribution in [3.05, 3.63) is 65.5 Å². The van der Waals surface area contributed by atoms with Gasteiger partial charge in [0.2, 0.25) is 0 Å². The van der Waals surface area contributed by atoms with E-state index in [2.05, 4.69) is 9.72 Å². The number of hydrogen-bond donors (Lipinski definition) is 0. The summed E-state index contributed by atoms with van der Waals surface area (Å²) in [4.78, 5) is 15.4. The number of ether oxygens (including phenoxy) is 2. The van der Waals surface area contributed by atoms with Gasteiger partial charge in [-0.25, -0.2) is 4.79 Å². The van der Waals surface area contributed by atoms with Gasteiger partial charge in [-0.05, 0) is 24.1 Å². The summed E-state index contributed by atoms with van der Waals surface area (Å²) in [7, 11) is 1.35. The van der Waals surface area contributed by atoms with Gasteiger partial charge in [0.15, 0.2) is 0 Å². The second-order valence-electron chi connectivity index (χ2n) is 4.41. The van der Waals surface area contributed by atoms with E-state index in [1.54, 1.807) is 12.4 Å². The van der Waals surface area contributed by atoms with Crippen LogP contribution < -0.4 is 0 Å². The number of pyridine rings is 1. The van der Waals surface area contributed by atoms with Crippen LogP contribution in [0.2, 0.25) is 0 Å². The number of hydrogen-bond acceptors (Lipinski definition) is 4. The lowest BCUT2D eigenvalue weighted by Gasteiger charge is -2.19. The van der Waals surface area contributed by atoms with E-state index in [1.807, 2.05) is 57.2 Å². The van der Waals surface area contributed by atoms with Gasteiger partial charge in [0.05, 0.1) is 7.11 Å². The molecule has 0 bridgehead atoms. The smallest absolute Gasteiger partial charge is 0.331 e. The molecule has 1 aromatic carbocycles. The summed E-state index contributed by atoms with van der Waals surface area (Å²) in [5.74, 6) is -0.396. The van der Waals surface area contributed by atoms with Gasteiger partial charge in [-0.3, -0.25) is 4.98 Å². The van der Waals surface area contributed by atoms with Crippen molar-refractivity contribution in [2.24, 2.45) is 0 Å². The molecule has 2 rings (SSSR count). The van der Waals surface area contributed by atoms with Gasteiger partial charge in [0.25, 0.3) is 0 Å². The van der Waals surface area contributed by atoms with Crippen molar-refractivity contribution in [1.82, 2.24) is 4.98 Å². The molecule has 0 aliphatic heterocycles. The molecule has 0 aliphatic rings. The molecular formula is C18H23NO3. The normalized spacial score (nSPS) is 11.1. The highest BCUT2D eigenvalue weighted by atomic mass is 16.6. The van der Waals surface area contributed by atoms with Crippen molar-refractivity contribution in [3.63, 3.8) is 0 Å². The first-order valence-corrected chi connectivity index (χ1v) is 7.36. The molecule has 2 aromatic rings. The van der Waals surface area contributed by atoms with Gasteiger partial charge in [0, 0.05) is 18.0 Å². The predicted molar refractivity (Wildman–Crippen MR) is 86.6 cm³/mol. The minimum atomic E-state index is -0.396. The molecule has 0 saturated heterocycles. The highest BCUT2D eigenvalue weighted by molar-refractivity contribution is 5.70. The Morgan fingerprint density at radius 3 is 2.45 bits per heavy atom. The predicted octanol–water partition coefficient (Wildman–Crippen LogP) is 3.70. The molecule has 1 heterocycles. The largest absolute Gasteiger partial charge is 0.467 e. The van der Waals surface area contributed by atoms with Gasteiger partial charge in [-0.2, -0.15) is 0 Å². The number of aromatic nitrogens is 1. The maximum Gasteiger partial charge on any atom is 0.331 e. The van der Waals surface area contributed by atoms with E-state index in [9.17, 15) is 4.79 Å². The molecule has 0 radical (unpaired) electrons. The first-order chi connectivity index (χ1) is 10.7. The van der Waals surface area contributed by atoms with E-state index < -0.39 is 5.97 Å². The van der Waals surface area contributed by atoms with Crippen LogP contribution in [0.25, 0.3) is 0 Å². The number of carbonyl (C=O) groups is 1. The van der Waals surface area contributed by atoms with Gasteiger partial charge < -0.3 is 9.47 Å². The summed E-state index contributed by atoms with van der Waals surface area (Å²) >= 11 is 0. The molecule has 4 nitrogen and oxygen atoms in total. The Kier molecular flexibility index (Phi) is 7.86. The van der Waals surface area contributed by atoms with Crippen LogP contribution in [0.5, 0.6) is 0 Å². The summed E-state index contributed by atoms with van der Waals surface area (Å²) in [5.41, 5.74) is 2.99. The number of methoxy groups -OCH3 is 1. The zero-order valence-corrected chi connectivity index (χ0v) is 13.6. The quantitative estimate of drug-likeness (QED) is 0.790. The Hall–Kier alpha value is -2.20. The maximum absolute atomic E-state index is 11.3. The Morgan fingerprint density at radius 2 is 1.86 bits per heavy atom. The van der Waals surface area contributed by atoms with Crippen molar-refractivity contribution in [3.8, 4) is 0 Å². The summed E-state index contributed by atoms with van der Waals surface area (Å²) in [5, 5.41) is 0. The van der Waals surface area contributed by atoms with E-state index in [0.717, 1.165) is 16.7 Å². The third-order valence-corrected chi connectivity index (χ3v) is 3.06. The maximum atomic E-state index is 11.3. The fourth-order valence-corrected chi connectivity index (χ4v) is 1.95. The molecule has 1 atom stereocenters. The molecule has 0 N–H and O–H groups in total. The van der Waals surface area contributed by atoms with Crippen molar-refractivity contribution in [2.75, 3.05) is 13.7 Å². The third-order valence-electron chi connectivity index (χ3n) is 3.06. The molecule has 0 saturated carbocycles. The highest BCUT2D eigenvalue weighted by Gasteiger charge is 2.18. The fraction of sp³-hybridized carbons (Fsp3) is 0.333. The van der Waals surface area contributed by atoms with E-state index in [1.165, 1.54) is 7.11 Å². The lowest BCUT2D eigenvalue weighted by molar-refractivity contribution is -0.147. The Labute approximate surface area is 132 Å². The van der Waals surface area contributed by atoms with Crippen molar-refractivity contribution in [2.45, 2.75) is 26.9 Å². The van der Waals surface area contributed by atoms with E-state index >= 15 is 0 Å². The molecule has 1 aromatic heterocycles. The van der Waals surface area contributed by atoms with E-state index in [-0.39, 0.29) is 12.7 Å². The molecule has 0 fully saturated rings. The molecule has 118 valence electrons. The number of rotatable bonds is 5. The summed E-state index contributed by atoms with van der Waals surface area (Å²) in [6, 6.07) is 11.7. The minimum absolute atomic E-state index is 0.0929. The first kappa shape index (κ1) is 17.9. The lowest BCUT2D eigenvalue weighted by Crippen LogP contribution is -2.16. The number of esters is 1. The monoisotopic (exact) mass is 301 g/mol. The molecular weight excluding hydrogens is 278 g/mol. The third kappa shape index (κ3) is 4.97. The first-order valence-electron chi connectivity index (χ1n) is 7.36. The fourth-order valence-electron chi connectivity index (χ4n) is 1.95. The zero-order valence-electron chi connectivity index (χ0n) is 13.6. The van der Waals surface area contributed by atoms with Crippen molar-refractivity contribution < 1.29 is 14.3 Å². The average molecular weight is 301 g/mol. The van der Waals surface area contributed by atoms with Gasteiger partial charge in [-0.1, -0.05) is 44.2 Å². The highest BCUT2D eigenvalue weighted by Crippen LogP contribution is 2.27. The standard InChI is InChI=1S/C16H17NO3.C2H6/c1-12-8-9-17-10-14(12)16(20-11-15(18)19-2)13-6-4-3-5-7-13;1-2/h3-10,16H,11H2,1-2H3;1-2H3. The van der Waals surface area contributed by atoms with Crippen molar-refractivity contribution in [1.29, 1.82) is 0 Å². The SMILES string of the molecule is CC.COC(=O)COC(c1ccccc1)c1cnccc1C. The van der Waals surface area contributed by atoms with Gasteiger partial charge in [-0.15, -0.1) is 0 Å². The second kappa shape index (κ2) is 9.68. The summed E-state index contributed by atoms with van der Waals surface area (Å²) < 4.78 is 10.4. The molecule has 0 spiro atoms. The van der Waals surface area contributed by atoms with Crippen LogP contribution in [0.3, 0.4) is 0 Å². The van der Waals surface area contributed by atoms with Gasteiger partial charge in [0.1, 0.15) is 12.7 Å². The minimum Gasteiger partial charge on any atom is -0.467 e. The number of nitrogens with zero attached hydrogens (tertiary/aromatic N) is 1. The Balaban J connectivity index is 0.00000116. The number of benzene rings is 1. The van der Waals surface area contributed by atoms with E-state index in [0.29, 0.717) is 0 Å². The van der Waals surface area contributed by atoms with Crippen LogP contribution in [-0.4, -0.2) is 24.7 Å². The second-order valence-corrected chi connectivity index (χ2v) is 4.41. The average Bonchev–Trinajstić information content (AvgIpc) is 2.59. The van der Waals surface area contributed by atoms with E-state index in [4.69, 9.17) is 4.74 Å². The topological polar surface area (TPSA) is 48.4 Å². The Bertz CT molecular complexity index is 570. The van der Waals surface area contributed by atoms with Gasteiger partial charge >= 0.3 is 5.97 Å². The van der Waals surface area contributed by atoms with Crippen LogP contribution in [0.4, 0.5) is 0 Å². The van der Waals surface area contributed by atoms with Crippen LogP contribution in [0.15, 0.2) is 48.8 Å². The molecule has 22 heavy (non-hydrogen) atoms. The van der Waals surface area contributed by atoms with Crippen molar-refractivity contribution >= 4 is 5.97 Å². The van der Waals surface area contributed by atoms with Crippen LogP contribution >= 0.6 is 0 Å². The van der Waals surface area contributed by atoms with Crippen LogP contribution in [0.1, 0.15) is 36.6 Å². The van der Waals surface area contributed by atoms with Crippen LogP contribution in [-0.2, 0) is 14.3 Å². The summed E-state index contributed by atoms with van der Waals surface area (Å²) in [6.45, 7) is 5.90. The summed E-state index contributed by atoms with van der Waals surface area (Å²) in [6.07, 6.45) is 3.18. The Morgan fingerprint density at radius 1 is 1.18 bits per heavy atom. The number of aryl methyl sites for hydroxylation is 1. The van der Waals surface area contributed by atoms with Crippen LogP contribution in [0, 0.1) is 6.92 Å². The number of carbonyl (C=O) groups excluding carboxylic acids is 1. The molecule has 1 unspecified atom stereocenters. The zero-order chi connectivity index (χ0) is 16.4. The molecule has 0 aliphatic carbocycles. The lowest BCUT2D eigenvalue weighted by atomic mass is 9.99. The molecule has 0 amide bonds. The molecule has 4 heteroatoms.